The van der Waals surface area contributed by atoms with E-state index in [1.54, 1.807) is 0 Å². The summed E-state index contributed by atoms with van der Waals surface area (Å²) < 4.78 is 0.111. The molecule has 0 heterocycles. The Balaban J connectivity index is 3.02. The van der Waals surface area contributed by atoms with Gasteiger partial charge in [0, 0.05) is 4.49 Å². The Morgan fingerprint density at radius 3 is 1.60 bits per heavy atom. The van der Waals surface area contributed by atoms with E-state index < -0.39 is 0 Å². The SMILES string of the molecule is CC(C)(P)S. The van der Waals surface area contributed by atoms with Crippen LogP contribution < -0.4 is 0 Å². The Kier molecular flexibility index (Phi) is 1.72. The third-order valence-electron chi connectivity index (χ3n) is 0. The molecule has 0 aromatic heterocycles. The van der Waals surface area contributed by atoms with E-state index in [0.29, 0.717) is 0 Å². The van der Waals surface area contributed by atoms with Gasteiger partial charge in [0.1, 0.15) is 0 Å². The highest BCUT2D eigenvalue weighted by molar-refractivity contribution is 7.86. The Morgan fingerprint density at radius 1 is 1.60 bits per heavy atom. The van der Waals surface area contributed by atoms with Crippen LogP contribution in [0, 0.1) is 0 Å². The van der Waals surface area contributed by atoms with Crippen LogP contribution in [-0.2, 0) is 0 Å². The van der Waals surface area contributed by atoms with E-state index in [4.69, 9.17) is 0 Å². The zero-order valence-corrected chi connectivity index (χ0v) is 5.57. The van der Waals surface area contributed by atoms with Crippen LogP contribution in [0.15, 0.2) is 0 Å². The Hall–Kier alpha value is 0.780. The summed E-state index contributed by atoms with van der Waals surface area (Å²) in [5.41, 5.74) is 0. The van der Waals surface area contributed by atoms with Crippen molar-refractivity contribution >= 4 is 21.9 Å². The molecule has 0 aromatic carbocycles. The number of rotatable bonds is 0. The van der Waals surface area contributed by atoms with Crippen LogP contribution in [0.4, 0.5) is 0 Å². The minimum atomic E-state index is 0.111. The van der Waals surface area contributed by atoms with Gasteiger partial charge in [0.05, 0.1) is 0 Å². The topological polar surface area (TPSA) is 0 Å². The van der Waals surface area contributed by atoms with Gasteiger partial charge in [0.25, 0.3) is 0 Å². The van der Waals surface area contributed by atoms with Crippen LogP contribution >= 0.6 is 21.9 Å². The summed E-state index contributed by atoms with van der Waals surface area (Å²) in [7, 11) is 2.58. The fourth-order valence-corrected chi connectivity index (χ4v) is 0. The van der Waals surface area contributed by atoms with Crippen molar-refractivity contribution in [3.8, 4) is 0 Å². The second-order valence-corrected chi connectivity index (χ2v) is 4.74. The molecule has 0 amide bonds. The Morgan fingerprint density at radius 2 is 1.60 bits per heavy atom. The van der Waals surface area contributed by atoms with Crippen LogP contribution in [0.1, 0.15) is 13.8 Å². The van der Waals surface area contributed by atoms with Crippen molar-refractivity contribution in [1.82, 2.24) is 0 Å². The first-order valence-corrected chi connectivity index (χ1v) is 2.54. The molecule has 0 aliphatic heterocycles. The Bertz CT molecular complexity index is 22.4. The molecule has 0 aliphatic rings. The predicted octanol–water partition coefficient (Wildman–Crippen LogP) is 1.53. The molecule has 1 atom stereocenters. The lowest BCUT2D eigenvalue weighted by atomic mass is 10.5. The van der Waals surface area contributed by atoms with E-state index >= 15 is 0 Å². The zero-order chi connectivity index (χ0) is 4.50. The van der Waals surface area contributed by atoms with E-state index in [2.05, 4.69) is 21.9 Å². The average Bonchev–Trinajstić information content (AvgIpc) is 0.722. The van der Waals surface area contributed by atoms with Crippen molar-refractivity contribution in [2.75, 3.05) is 0 Å². The number of hydrogen-bond donors (Lipinski definition) is 1. The van der Waals surface area contributed by atoms with Gasteiger partial charge < -0.3 is 0 Å². The molecule has 0 N–H and O–H groups in total. The summed E-state index contributed by atoms with van der Waals surface area (Å²) >= 11 is 4.09. The molecular formula is C3H9PS. The lowest BCUT2D eigenvalue weighted by molar-refractivity contribution is 1.04. The minimum absolute atomic E-state index is 0.111. The molecule has 1 unspecified atom stereocenters. The molecule has 0 fully saturated rings. The van der Waals surface area contributed by atoms with Gasteiger partial charge in [-0.2, -0.15) is 12.6 Å². The highest BCUT2D eigenvalue weighted by Crippen LogP contribution is 2.19. The molecule has 0 saturated heterocycles. The zero-order valence-electron chi connectivity index (χ0n) is 3.52. The smallest absolute Gasteiger partial charge is 0.0214 e. The lowest BCUT2D eigenvalue weighted by Gasteiger charge is -2.04. The third kappa shape index (κ3) is 60.7. The summed E-state index contributed by atoms with van der Waals surface area (Å²) in [6.07, 6.45) is 0. The van der Waals surface area contributed by atoms with E-state index in [9.17, 15) is 0 Å². The fraction of sp³-hybridized carbons (Fsp3) is 1.00. The molecule has 0 spiro atoms. The molecule has 0 aromatic rings. The predicted molar refractivity (Wildman–Crippen MR) is 32.8 cm³/mol. The molecule has 0 saturated carbocycles. The van der Waals surface area contributed by atoms with Crippen LogP contribution in [0.5, 0.6) is 0 Å². The quantitative estimate of drug-likeness (QED) is 0.353. The van der Waals surface area contributed by atoms with E-state index in [1.165, 1.54) is 0 Å². The number of hydrogen-bond acceptors (Lipinski definition) is 1. The molecule has 0 nitrogen and oxygen atoms in total. The first-order chi connectivity index (χ1) is 2.00. The maximum absolute atomic E-state index is 4.09. The summed E-state index contributed by atoms with van der Waals surface area (Å²) in [5.74, 6) is 0. The second-order valence-electron chi connectivity index (χ2n) is 1.65. The van der Waals surface area contributed by atoms with Crippen molar-refractivity contribution in [3.05, 3.63) is 0 Å². The van der Waals surface area contributed by atoms with Gasteiger partial charge in [-0.05, 0) is 13.8 Å². The van der Waals surface area contributed by atoms with Crippen molar-refractivity contribution in [2.24, 2.45) is 0 Å². The molecule has 0 rings (SSSR count). The van der Waals surface area contributed by atoms with Gasteiger partial charge in [0.2, 0.25) is 0 Å². The van der Waals surface area contributed by atoms with E-state index in [1.807, 2.05) is 13.8 Å². The van der Waals surface area contributed by atoms with E-state index in [-0.39, 0.29) is 4.49 Å². The highest BCUT2D eigenvalue weighted by Gasteiger charge is 1.97. The standard InChI is InChI=1S/C3H9PS/c1-3(2,4)5/h5H,4H2,1-2H3. The van der Waals surface area contributed by atoms with Crippen molar-refractivity contribution in [2.45, 2.75) is 18.3 Å². The highest BCUT2D eigenvalue weighted by atomic mass is 32.1. The molecule has 5 heavy (non-hydrogen) atoms. The molecule has 0 aliphatic carbocycles. The molecular weight excluding hydrogens is 99.1 g/mol. The third-order valence-corrected chi connectivity index (χ3v) is 0. The first kappa shape index (κ1) is 5.78. The largest absolute Gasteiger partial charge is 0.169 e. The molecule has 0 radical (unpaired) electrons. The second kappa shape index (κ2) is 1.49. The molecule has 2 heteroatoms. The summed E-state index contributed by atoms with van der Waals surface area (Å²) in [6.45, 7) is 4.03. The molecule has 32 valence electrons. The van der Waals surface area contributed by atoms with Crippen molar-refractivity contribution in [3.63, 3.8) is 0 Å². The lowest BCUT2D eigenvalue weighted by Crippen LogP contribution is -1.92. The van der Waals surface area contributed by atoms with Crippen LogP contribution in [0.3, 0.4) is 0 Å². The summed E-state index contributed by atoms with van der Waals surface area (Å²) in [4.78, 5) is 0. The summed E-state index contributed by atoms with van der Waals surface area (Å²) in [6, 6.07) is 0. The number of thiol groups is 1. The van der Waals surface area contributed by atoms with Gasteiger partial charge in [-0.1, -0.05) is 0 Å². The van der Waals surface area contributed by atoms with Crippen LogP contribution in [0.25, 0.3) is 0 Å². The maximum Gasteiger partial charge on any atom is 0.0214 e. The van der Waals surface area contributed by atoms with Gasteiger partial charge in [0.15, 0.2) is 0 Å². The monoisotopic (exact) mass is 108 g/mol. The van der Waals surface area contributed by atoms with Crippen LogP contribution in [0.2, 0.25) is 0 Å². The van der Waals surface area contributed by atoms with Crippen molar-refractivity contribution < 1.29 is 0 Å². The Labute approximate surface area is 41.0 Å². The van der Waals surface area contributed by atoms with Gasteiger partial charge in [-0.25, -0.2) is 0 Å². The first-order valence-electron chi connectivity index (χ1n) is 1.51. The minimum Gasteiger partial charge on any atom is -0.169 e. The molecule has 0 bridgehead atoms. The summed E-state index contributed by atoms with van der Waals surface area (Å²) in [5, 5.41) is 0. The van der Waals surface area contributed by atoms with Crippen LogP contribution in [-0.4, -0.2) is 4.49 Å². The maximum atomic E-state index is 4.09. The van der Waals surface area contributed by atoms with Gasteiger partial charge in [-0.15, -0.1) is 9.24 Å². The normalized spacial score (nSPS) is 12.0. The fourth-order valence-electron chi connectivity index (χ4n) is 0. The average molecular weight is 108 g/mol. The van der Waals surface area contributed by atoms with Gasteiger partial charge in [-0.3, -0.25) is 0 Å². The van der Waals surface area contributed by atoms with Crippen molar-refractivity contribution in [1.29, 1.82) is 0 Å². The van der Waals surface area contributed by atoms with E-state index in [0.717, 1.165) is 0 Å². The van der Waals surface area contributed by atoms with Gasteiger partial charge >= 0.3 is 0 Å².